The Balaban J connectivity index is 2.61. The summed E-state index contributed by atoms with van der Waals surface area (Å²) in [6.07, 6.45) is 0.516. The minimum atomic E-state index is 0.212. The van der Waals surface area contributed by atoms with E-state index in [0.717, 1.165) is 18.7 Å². The lowest BCUT2D eigenvalue weighted by atomic mass is 10.1. The van der Waals surface area contributed by atoms with Crippen LogP contribution < -0.4 is 0 Å². The summed E-state index contributed by atoms with van der Waals surface area (Å²) in [5.41, 5.74) is 2.33. The Kier molecular flexibility index (Phi) is 4.35. The number of rotatable bonds is 4. The van der Waals surface area contributed by atoms with Gasteiger partial charge in [-0.2, -0.15) is 0 Å². The van der Waals surface area contributed by atoms with Crippen LogP contribution in [0.4, 0.5) is 0 Å². The third-order valence-corrected chi connectivity index (χ3v) is 2.59. The highest BCUT2D eigenvalue weighted by molar-refractivity contribution is 5.78. The van der Waals surface area contributed by atoms with E-state index < -0.39 is 0 Å². The number of amides is 1. The molecule has 0 fully saturated rings. The van der Waals surface area contributed by atoms with Crippen molar-refractivity contribution < 1.29 is 4.79 Å². The molecule has 1 amide bonds. The summed E-state index contributed by atoms with van der Waals surface area (Å²) in [6.45, 7) is 7.66. The molecule has 0 spiro atoms. The van der Waals surface area contributed by atoms with E-state index in [4.69, 9.17) is 0 Å². The van der Waals surface area contributed by atoms with Gasteiger partial charge in [-0.3, -0.25) is 4.79 Å². The lowest BCUT2D eigenvalue weighted by Gasteiger charge is -2.18. The van der Waals surface area contributed by atoms with Crippen LogP contribution in [-0.4, -0.2) is 23.9 Å². The van der Waals surface area contributed by atoms with E-state index in [0.29, 0.717) is 6.42 Å². The second-order valence-electron chi connectivity index (χ2n) is 3.73. The van der Waals surface area contributed by atoms with Crippen LogP contribution in [0.3, 0.4) is 0 Å². The zero-order valence-corrected chi connectivity index (χ0v) is 9.79. The largest absolute Gasteiger partial charge is 0.343 e. The Morgan fingerprint density at radius 3 is 2.13 bits per heavy atom. The van der Waals surface area contributed by atoms with Crippen LogP contribution in [0, 0.1) is 6.92 Å². The molecule has 0 bridgehead atoms. The van der Waals surface area contributed by atoms with Gasteiger partial charge < -0.3 is 4.90 Å². The van der Waals surface area contributed by atoms with Crippen LogP contribution in [0.1, 0.15) is 25.0 Å². The van der Waals surface area contributed by atoms with E-state index in [1.807, 2.05) is 43.0 Å². The van der Waals surface area contributed by atoms with Crippen molar-refractivity contribution in [2.24, 2.45) is 0 Å². The Labute approximate surface area is 91.9 Å². The monoisotopic (exact) mass is 205 g/mol. The van der Waals surface area contributed by atoms with Gasteiger partial charge in [0, 0.05) is 13.1 Å². The molecule has 0 unspecified atom stereocenters. The van der Waals surface area contributed by atoms with E-state index in [-0.39, 0.29) is 5.91 Å². The quantitative estimate of drug-likeness (QED) is 0.739. The lowest BCUT2D eigenvalue weighted by molar-refractivity contribution is -0.130. The van der Waals surface area contributed by atoms with Crippen LogP contribution in [0.15, 0.2) is 24.3 Å². The van der Waals surface area contributed by atoms with Gasteiger partial charge >= 0.3 is 0 Å². The van der Waals surface area contributed by atoms with Gasteiger partial charge in [0.2, 0.25) is 5.91 Å². The Bertz CT molecular complexity index is 312. The van der Waals surface area contributed by atoms with E-state index in [1.54, 1.807) is 0 Å². The number of aryl methyl sites for hydroxylation is 1. The molecule has 0 saturated heterocycles. The maximum absolute atomic E-state index is 11.8. The molecule has 2 heteroatoms. The fourth-order valence-corrected chi connectivity index (χ4v) is 1.57. The normalized spacial score (nSPS) is 10.1. The molecule has 0 heterocycles. The van der Waals surface area contributed by atoms with E-state index >= 15 is 0 Å². The standard InChI is InChI=1S/C13H19NO/c1-4-14(5-2)13(15)10-12-8-6-11(3)7-9-12/h6-9H,4-5,10H2,1-3H3. The van der Waals surface area contributed by atoms with Gasteiger partial charge in [0.1, 0.15) is 0 Å². The summed E-state index contributed by atoms with van der Waals surface area (Å²) in [6, 6.07) is 8.14. The average molecular weight is 205 g/mol. The molecule has 15 heavy (non-hydrogen) atoms. The highest BCUT2D eigenvalue weighted by Gasteiger charge is 2.09. The number of likely N-dealkylation sites (N-methyl/N-ethyl adjacent to an activating group) is 1. The van der Waals surface area contributed by atoms with Gasteiger partial charge in [-0.05, 0) is 26.3 Å². The molecular weight excluding hydrogens is 186 g/mol. The number of benzene rings is 1. The second kappa shape index (κ2) is 5.54. The van der Waals surface area contributed by atoms with Gasteiger partial charge in [0.05, 0.1) is 6.42 Å². The molecule has 1 aromatic rings. The molecule has 0 atom stereocenters. The zero-order valence-electron chi connectivity index (χ0n) is 9.79. The zero-order chi connectivity index (χ0) is 11.3. The smallest absolute Gasteiger partial charge is 0.226 e. The molecule has 0 radical (unpaired) electrons. The first-order chi connectivity index (χ1) is 7.17. The topological polar surface area (TPSA) is 20.3 Å². The number of hydrogen-bond acceptors (Lipinski definition) is 1. The minimum absolute atomic E-state index is 0.212. The number of nitrogens with zero attached hydrogens (tertiary/aromatic N) is 1. The summed E-state index contributed by atoms with van der Waals surface area (Å²) >= 11 is 0. The number of carbonyl (C=O) groups is 1. The van der Waals surface area contributed by atoms with E-state index in [1.165, 1.54) is 5.56 Å². The molecule has 0 aliphatic carbocycles. The molecular formula is C13H19NO. The first-order valence-electron chi connectivity index (χ1n) is 5.50. The maximum atomic E-state index is 11.8. The third-order valence-electron chi connectivity index (χ3n) is 2.59. The van der Waals surface area contributed by atoms with Gasteiger partial charge in [-0.25, -0.2) is 0 Å². The molecule has 0 aromatic heterocycles. The summed E-state index contributed by atoms with van der Waals surface area (Å²) in [5, 5.41) is 0. The Morgan fingerprint density at radius 1 is 1.13 bits per heavy atom. The molecule has 1 rings (SSSR count). The molecule has 2 nitrogen and oxygen atoms in total. The first-order valence-corrected chi connectivity index (χ1v) is 5.50. The SMILES string of the molecule is CCN(CC)C(=O)Cc1ccc(C)cc1. The van der Waals surface area contributed by atoms with Crippen LogP contribution in [0.5, 0.6) is 0 Å². The van der Waals surface area contributed by atoms with Gasteiger partial charge in [-0.1, -0.05) is 29.8 Å². The lowest BCUT2D eigenvalue weighted by Crippen LogP contribution is -2.31. The predicted octanol–water partition coefficient (Wildman–Crippen LogP) is 2.41. The highest BCUT2D eigenvalue weighted by Crippen LogP contribution is 2.05. The van der Waals surface area contributed by atoms with Crippen molar-refractivity contribution in [3.05, 3.63) is 35.4 Å². The summed E-state index contributed by atoms with van der Waals surface area (Å²) in [5.74, 6) is 0.212. The van der Waals surface area contributed by atoms with Gasteiger partial charge in [0.15, 0.2) is 0 Å². The van der Waals surface area contributed by atoms with Crippen LogP contribution in [-0.2, 0) is 11.2 Å². The van der Waals surface area contributed by atoms with Crippen molar-refractivity contribution in [3.8, 4) is 0 Å². The summed E-state index contributed by atoms with van der Waals surface area (Å²) in [7, 11) is 0. The van der Waals surface area contributed by atoms with E-state index in [2.05, 4.69) is 6.92 Å². The van der Waals surface area contributed by atoms with E-state index in [9.17, 15) is 4.79 Å². The van der Waals surface area contributed by atoms with Crippen LogP contribution >= 0.6 is 0 Å². The fourth-order valence-electron chi connectivity index (χ4n) is 1.57. The van der Waals surface area contributed by atoms with Crippen molar-refractivity contribution in [3.63, 3.8) is 0 Å². The molecule has 0 N–H and O–H groups in total. The van der Waals surface area contributed by atoms with Crippen molar-refractivity contribution >= 4 is 5.91 Å². The molecule has 0 saturated carbocycles. The molecule has 0 aliphatic rings. The molecule has 82 valence electrons. The van der Waals surface area contributed by atoms with Gasteiger partial charge in [0.25, 0.3) is 0 Å². The van der Waals surface area contributed by atoms with Gasteiger partial charge in [-0.15, -0.1) is 0 Å². The van der Waals surface area contributed by atoms with Crippen LogP contribution in [0.2, 0.25) is 0 Å². The van der Waals surface area contributed by atoms with Crippen molar-refractivity contribution in [2.45, 2.75) is 27.2 Å². The maximum Gasteiger partial charge on any atom is 0.226 e. The van der Waals surface area contributed by atoms with Crippen molar-refractivity contribution in [2.75, 3.05) is 13.1 Å². The molecule has 1 aromatic carbocycles. The number of hydrogen-bond donors (Lipinski definition) is 0. The fraction of sp³-hybridized carbons (Fsp3) is 0.462. The Morgan fingerprint density at radius 2 is 1.67 bits per heavy atom. The second-order valence-corrected chi connectivity index (χ2v) is 3.73. The van der Waals surface area contributed by atoms with Crippen LogP contribution in [0.25, 0.3) is 0 Å². The predicted molar refractivity (Wildman–Crippen MR) is 62.8 cm³/mol. The summed E-state index contributed by atoms with van der Waals surface area (Å²) < 4.78 is 0. The van der Waals surface area contributed by atoms with Crippen molar-refractivity contribution in [1.82, 2.24) is 4.90 Å². The Hall–Kier alpha value is -1.31. The number of carbonyl (C=O) groups excluding carboxylic acids is 1. The highest BCUT2D eigenvalue weighted by atomic mass is 16.2. The molecule has 0 aliphatic heterocycles. The summed E-state index contributed by atoms with van der Waals surface area (Å²) in [4.78, 5) is 13.6. The first kappa shape index (κ1) is 11.8. The average Bonchev–Trinajstić information content (AvgIpc) is 2.23. The minimum Gasteiger partial charge on any atom is -0.343 e. The third kappa shape index (κ3) is 3.39. The van der Waals surface area contributed by atoms with Crippen molar-refractivity contribution in [1.29, 1.82) is 0 Å².